The Hall–Kier alpha value is -2.34. The summed E-state index contributed by atoms with van der Waals surface area (Å²) < 4.78 is 19.0. The minimum atomic E-state index is -0.476. The smallest absolute Gasteiger partial charge is 0.255 e. The van der Waals surface area contributed by atoms with Gasteiger partial charge in [0.25, 0.3) is 5.91 Å². The van der Waals surface area contributed by atoms with Crippen LogP contribution in [0.2, 0.25) is 5.02 Å². The number of halogens is 2. The van der Waals surface area contributed by atoms with Crippen LogP contribution in [0.1, 0.15) is 27.4 Å². The van der Waals surface area contributed by atoms with Crippen LogP contribution in [-0.4, -0.2) is 30.3 Å². The summed E-state index contributed by atoms with van der Waals surface area (Å²) in [6.07, 6.45) is 0. The van der Waals surface area contributed by atoms with Crippen LogP contribution in [-0.2, 0) is 11.3 Å². The maximum Gasteiger partial charge on any atom is 0.255 e. The van der Waals surface area contributed by atoms with Crippen molar-refractivity contribution in [3.05, 3.63) is 57.8 Å². The molecule has 0 saturated carbocycles. The highest BCUT2D eigenvalue weighted by atomic mass is 35.5. The number of carbonyl (C=O) groups is 2. The van der Waals surface area contributed by atoms with Gasteiger partial charge in [-0.2, -0.15) is 0 Å². The van der Waals surface area contributed by atoms with E-state index in [0.717, 1.165) is 0 Å². The molecule has 128 valence electrons. The first-order valence-corrected chi connectivity index (χ1v) is 7.69. The SMILES string of the molecule is Cc1cc(C(=O)NCC(=O)N(C)Cc2c(F)cccc2Cl)c(C)o1. The Balaban J connectivity index is 1.95. The number of aryl methyl sites for hydroxylation is 2. The van der Waals surface area contributed by atoms with Gasteiger partial charge in [0.1, 0.15) is 17.3 Å². The van der Waals surface area contributed by atoms with Gasteiger partial charge in [0.2, 0.25) is 5.91 Å². The van der Waals surface area contributed by atoms with Crippen molar-refractivity contribution in [1.29, 1.82) is 0 Å². The molecular weight excluding hydrogens is 335 g/mol. The molecule has 1 N–H and O–H groups in total. The molecule has 0 saturated heterocycles. The van der Waals surface area contributed by atoms with Crippen LogP contribution in [0.4, 0.5) is 4.39 Å². The van der Waals surface area contributed by atoms with Crippen LogP contribution in [0.3, 0.4) is 0 Å². The first kappa shape index (κ1) is 18.0. The third-order valence-electron chi connectivity index (χ3n) is 3.57. The molecule has 0 aliphatic carbocycles. The van der Waals surface area contributed by atoms with E-state index >= 15 is 0 Å². The summed E-state index contributed by atoms with van der Waals surface area (Å²) in [6, 6.07) is 5.95. The van der Waals surface area contributed by atoms with Crippen LogP contribution >= 0.6 is 11.6 Å². The summed E-state index contributed by atoms with van der Waals surface area (Å²) in [6.45, 7) is 3.23. The van der Waals surface area contributed by atoms with Gasteiger partial charge in [-0.15, -0.1) is 0 Å². The molecule has 2 amide bonds. The number of hydrogen-bond donors (Lipinski definition) is 1. The number of rotatable bonds is 5. The number of nitrogens with zero attached hydrogens (tertiary/aromatic N) is 1. The number of nitrogens with one attached hydrogen (secondary N) is 1. The van der Waals surface area contributed by atoms with Crippen molar-refractivity contribution in [3.63, 3.8) is 0 Å². The predicted octanol–water partition coefficient (Wildman–Crippen LogP) is 3.08. The molecule has 7 heteroatoms. The highest BCUT2D eigenvalue weighted by Gasteiger charge is 2.17. The molecule has 0 radical (unpaired) electrons. The number of hydrogen-bond acceptors (Lipinski definition) is 3. The minimum absolute atomic E-state index is 0.0179. The Kier molecular flexibility index (Phi) is 5.62. The number of carbonyl (C=O) groups excluding carboxylic acids is 2. The Labute approximate surface area is 144 Å². The second-order valence-electron chi connectivity index (χ2n) is 5.46. The highest BCUT2D eigenvalue weighted by molar-refractivity contribution is 6.31. The molecule has 0 atom stereocenters. The molecule has 0 aliphatic heterocycles. The molecule has 5 nitrogen and oxygen atoms in total. The maximum absolute atomic E-state index is 13.8. The Morgan fingerprint density at radius 1 is 1.33 bits per heavy atom. The van der Waals surface area contributed by atoms with Gasteiger partial charge in [0.05, 0.1) is 12.1 Å². The average Bonchev–Trinajstić information content (AvgIpc) is 2.86. The van der Waals surface area contributed by atoms with Gasteiger partial charge in [0.15, 0.2) is 0 Å². The van der Waals surface area contributed by atoms with E-state index in [2.05, 4.69) is 5.32 Å². The number of benzene rings is 1. The zero-order valence-electron chi connectivity index (χ0n) is 13.7. The van der Waals surface area contributed by atoms with E-state index in [1.54, 1.807) is 26.0 Å². The zero-order chi connectivity index (χ0) is 17.9. The molecule has 0 aliphatic rings. The van der Waals surface area contributed by atoms with E-state index in [1.165, 1.54) is 24.1 Å². The van der Waals surface area contributed by atoms with E-state index in [0.29, 0.717) is 17.1 Å². The average molecular weight is 353 g/mol. The van der Waals surface area contributed by atoms with Crippen molar-refractivity contribution < 1.29 is 18.4 Å². The molecule has 1 heterocycles. The Morgan fingerprint density at radius 3 is 2.62 bits per heavy atom. The Bertz CT molecular complexity index is 753. The van der Waals surface area contributed by atoms with E-state index in [1.807, 2.05) is 0 Å². The standard InChI is InChI=1S/C17H18ClFN2O3/c1-10-7-12(11(2)24-10)17(23)20-8-16(22)21(3)9-13-14(18)5-4-6-15(13)19/h4-7H,8-9H2,1-3H3,(H,20,23). The summed E-state index contributed by atoms with van der Waals surface area (Å²) in [4.78, 5) is 25.5. The predicted molar refractivity (Wildman–Crippen MR) is 88.4 cm³/mol. The highest BCUT2D eigenvalue weighted by Crippen LogP contribution is 2.20. The fourth-order valence-corrected chi connectivity index (χ4v) is 2.47. The van der Waals surface area contributed by atoms with Crippen LogP contribution in [0.25, 0.3) is 0 Å². The summed E-state index contributed by atoms with van der Waals surface area (Å²) in [7, 11) is 1.52. The molecule has 24 heavy (non-hydrogen) atoms. The fourth-order valence-electron chi connectivity index (χ4n) is 2.25. The first-order chi connectivity index (χ1) is 11.3. The lowest BCUT2D eigenvalue weighted by Crippen LogP contribution is -2.38. The van der Waals surface area contributed by atoms with E-state index in [4.69, 9.17) is 16.0 Å². The molecule has 0 fully saturated rings. The van der Waals surface area contributed by atoms with Gasteiger partial charge in [-0.3, -0.25) is 9.59 Å². The quantitative estimate of drug-likeness (QED) is 0.899. The van der Waals surface area contributed by atoms with Gasteiger partial charge in [-0.1, -0.05) is 17.7 Å². The van der Waals surface area contributed by atoms with Crippen molar-refractivity contribution in [2.24, 2.45) is 0 Å². The van der Waals surface area contributed by atoms with Crippen molar-refractivity contribution >= 4 is 23.4 Å². The lowest BCUT2D eigenvalue weighted by molar-refractivity contribution is -0.129. The molecule has 2 rings (SSSR count). The lowest BCUT2D eigenvalue weighted by atomic mass is 10.2. The normalized spacial score (nSPS) is 10.5. The van der Waals surface area contributed by atoms with E-state index in [-0.39, 0.29) is 29.6 Å². The van der Waals surface area contributed by atoms with E-state index < -0.39 is 11.7 Å². The molecule has 2 aromatic rings. The molecule has 1 aromatic carbocycles. The van der Waals surface area contributed by atoms with Gasteiger partial charge in [0, 0.05) is 24.2 Å². The van der Waals surface area contributed by atoms with E-state index in [9.17, 15) is 14.0 Å². The second kappa shape index (κ2) is 7.49. The summed E-state index contributed by atoms with van der Waals surface area (Å²) in [5, 5.41) is 2.78. The lowest BCUT2D eigenvalue weighted by Gasteiger charge is -2.18. The second-order valence-corrected chi connectivity index (χ2v) is 5.87. The van der Waals surface area contributed by atoms with Gasteiger partial charge in [-0.25, -0.2) is 4.39 Å². The van der Waals surface area contributed by atoms with Crippen molar-refractivity contribution in [3.8, 4) is 0 Å². The Morgan fingerprint density at radius 2 is 2.04 bits per heavy atom. The maximum atomic E-state index is 13.8. The monoisotopic (exact) mass is 352 g/mol. The van der Waals surface area contributed by atoms with Crippen molar-refractivity contribution in [2.75, 3.05) is 13.6 Å². The zero-order valence-corrected chi connectivity index (χ0v) is 14.4. The largest absolute Gasteiger partial charge is 0.466 e. The number of amides is 2. The minimum Gasteiger partial charge on any atom is -0.466 e. The van der Waals surface area contributed by atoms with Crippen LogP contribution in [0, 0.1) is 19.7 Å². The first-order valence-electron chi connectivity index (χ1n) is 7.31. The molecule has 0 unspecified atom stereocenters. The molecule has 0 bridgehead atoms. The van der Waals surface area contributed by atoms with Crippen molar-refractivity contribution in [1.82, 2.24) is 10.2 Å². The molecular formula is C17H18ClFN2O3. The topological polar surface area (TPSA) is 62.6 Å². The molecule has 1 aromatic heterocycles. The number of furan rings is 1. The van der Waals surface area contributed by atoms with Crippen LogP contribution in [0.5, 0.6) is 0 Å². The van der Waals surface area contributed by atoms with Crippen molar-refractivity contribution in [2.45, 2.75) is 20.4 Å². The third-order valence-corrected chi connectivity index (χ3v) is 3.92. The van der Waals surface area contributed by atoms with Gasteiger partial charge in [-0.05, 0) is 32.0 Å². The summed E-state index contributed by atoms with van der Waals surface area (Å²) in [5.41, 5.74) is 0.628. The molecule has 0 spiro atoms. The number of likely N-dealkylation sites (N-methyl/N-ethyl adjacent to an activating group) is 1. The fraction of sp³-hybridized carbons (Fsp3) is 0.294. The van der Waals surface area contributed by atoms with Gasteiger partial charge < -0.3 is 14.6 Å². The van der Waals surface area contributed by atoms with Crippen LogP contribution in [0.15, 0.2) is 28.7 Å². The van der Waals surface area contributed by atoms with Gasteiger partial charge >= 0.3 is 0 Å². The summed E-state index contributed by atoms with van der Waals surface area (Å²) >= 11 is 5.95. The van der Waals surface area contributed by atoms with Crippen LogP contribution < -0.4 is 5.32 Å². The third kappa shape index (κ3) is 4.14. The summed E-state index contributed by atoms with van der Waals surface area (Å²) in [5.74, 6) is -0.120.